The lowest BCUT2D eigenvalue weighted by Crippen LogP contribution is -2.23. The van der Waals surface area contributed by atoms with Crippen LogP contribution in [0, 0.1) is 6.92 Å². The molecule has 2 aromatic heterocycles. The lowest BCUT2D eigenvalue weighted by atomic mass is 10.1. The van der Waals surface area contributed by atoms with Gasteiger partial charge in [0, 0.05) is 15.1 Å². The van der Waals surface area contributed by atoms with Crippen molar-refractivity contribution in [3.63, 3.8) is 0 Å². The molecule has 1 aromatic carbocycles. The molecule has 2 heterocycles. The number of nitrogens with one attached hydrogen (secondary N) is 1. The molecule has 0 aliphatic carbocycles. The molecule has 106 valence electrons. The zero-order valence-corrected chi connectivity index (χ0v) is 12.4. The number of carbonyl (C=O) groups is 1. The van der Waals surface area contributed by atoms with Crippen molar-refractivity contribution in [1.82, 2.24) is 10.3 Å². The number of thiophene rings is 1. The van der Waals surface area contributed by atoms with E-state index in [0.29, 0.717) is 18.1 Å². The smallest absolute Gasteiger partial charge is 0.270 e. The Kier molecular flexibility index (Phi) is 3.58. The Balaban J connectivity index is 1.81. The fourth-order valence-electron chi connectivity index (χ4n) is 2.18. The average Bonchev–Trinajstić information content (AvgIpc) is 2.90. The predicted molar refractivity (Wildman–Crippen MR) is 86.4 cm³/mol. The molecule has 4 nitrogen and oxygen atoms in total. The van der Waals surface area contributed by atoms with Crippen molar-refractivity contribution >= 4 is 33.8 Å². The highest BCUT2D eigenvalue weighted by Crippen LogP contribution is 2.20. The highest BCUT2D eigenvalue weighted by molar-refractivity contribution is 7.11. The minimum absolute atomic E-state index is 0.210. The van der Waals surface area contributed by atoms with Gasteiger partial charge in [-0.25, -0.2) is 4.98 Å². The molecule has 0 fully saturated rings. The van der Waals surface area contributed by atoms with Crippen LogP contribution in [0.5, 0.6) is 0 Å². The van der Waals surface area contributed by atoms with Gasteiger partial charge in [-0.3, -0.25) is 4.79 Å². The number of fused-ring (bicyclic) bond motifs is 1. The molecule has 0 saturated heterocycles. The molecule has 0 aliphatic rings. The first-order valence-corrected chi connectivity index (χ1v) is 7.44. The topological polar surface area (TPSA) is 68.0 Å². The molecular weight excluding hydrogens is 282 g/mol. The van der Waals surface area contributed by atoms with Gasteiger partial charge in [0.1, 0.15) is 11.5 Å². The second kappa shape index (κ2) is 5.54. The van der Waals surface area contributed by atoms with E-state index in [4.69, 9.17) is 5.73 Å². The predicted octanol–water partition coefficient (Wildman–Crippen LogP) is 3.12. The van der Waals surface area contributed by atoms with E-state index in [1.54, 1.807) is 17.4 Å². The summed E-state index contributed by atoms with van der Waals surface area (Å²) in [6.07, 6.45) is 0. The number of benzene rings is 1. The number of nitrogens with zero attached hydrogens (tertiary/aromatic N) is 1. The Bertz CT molecular complexity index is 810. The Labute approximate surface area is 126 Å². The fraction of sp³-hybridized carbons (Fsp3) is 0.125. The van der Waals surface area contributed by atoms with E-state index in [1.165, 1.54) is 4.88 Å². The molecular formula is C16H15N3OS. The maximum atomic E-state index is 12.2. The first-order chi connectivity index (χ1) is 10.1. The molecule has 5 heteroatoms. The number of anilines is 1. The molecule has 21 heavy (non-hydrogen) atoms. The van der Waals surface area contributed by atoms with E-state index in [2.05, 4.69) is 10.3 Å². The van der Waals surface area contributed by atoms with Crippen LogP contribution in [0.3, 0.4) is 0 Å². The summed E-state index contributed by atoms with van der Waals surface area (Å²) in [5, 5.41) is 4.66. The lowest BCUT2D eigenvalue weighted by molar-refractivity contribution is 0.0946. The standard InChI is InChI=1S/C16H15N3OS/c1-10-6-7-12(21-10)9-18-16(20)14-8-11-4-2-3-5-13(11)15(17)19-14/h2-8H,9H2,1H3,(H2,17,19)(H,18,20). The third-order valence-electron chi connectivity index (χ3n) is 3.22. The summed E-state index contributed by atoms with van der Waals surface area (Å²) in [5.74, 6) is 0.170. The van der Waals surface area contributed by atoms with Crippen molar-refractivity contribution in [3.05, 3.63) is 57.9 Å². The average molecular weight is 297 g/mol. The van der Waals surface area contributed by atoms with Crippen molar-refractivity contribution in [2.45, 2.75) is 13.5 Å². The van der Waals surface area contributed by atoms with E-state index >= 15 is 0 Å². The van der Waals surface area contributed by atoms with Crippen LogP contribution in [0.4, 0.5) is 5.82 Å². The minimum atomic E-state index is -0.210. The van der Waals surface area contributed by atoms with Gasteiger partial charge in [0.25, 0.3) is 5.91 Å². The molecule has 1 amide bonds. The molecule has 0 unspecified atom stereocenters. The Morgan fingerprint density at radius 3 is 2.86 bits per heavy atom. The molecule has 0 bridgehead atoms. The van der Waals surface area contributed by atoms with Crippen molar-refractivity contribution < 1.29 is 4.79 Å². The van der Waals surface area contributed by atoms with Crippen molar-refractivity contribution in [2.75, 3.05) is 5.73 Å². The summed E-state index contributed by atoms with van der Waals surface area (Å²) in [5.41, 5.74) is 6.26. The Morgan fingerprint density at radius 2 is 2.10 bits per heavy atom. The second-order valence-corrected chi connectivity index (χ2v) is 6.18. The molecule has 0 spiro atoms. The minimum Gasteiger partial charge on any atom is -0.383 e. The van der Waals surface area contributed by atoms with Gasteiger partial charge in [0.15, 0.2) is 0 Å². The van der Waals surface area contributed by atoms with Gasteiger partial charge < -0.3 is 11.1 Å². The highest BCUT2D eigenvalue weighted by atomic mass is 32.1. The zero-order valence-electron chi connectivity index (χ0n) is 11.6. The third kappa shape index (κ3) is 2.87. The Hall–Kier alpha value is -2.40. The van der Waals surface area contributed by atoms with Gasteiger partial charge in [-0.05, 0) is 30.5 Å². The summed E-state index contributed by atoms with van der Waals surface area (Å²) in [7, 11) is 0. The summed E-state index contributed by atoms with van der Waals surface area (Å²) in [4.78, 5) is 18.7. The van der Waals surface area contributed by atoms with Gasteiger partial charge in [-0.1, -0.05) is 24.3 Å². The molecule has 0 atom stereocenters. The van der Waals surface area contributed by atoms with Crippen LogP contribution in [-0.2, 0) is 6.54 Å². The van der Waals surface area contributed by atoms with Crippen LogP contribution in [0.15, 0.2) is 42.5 Å². The molecule has 0 saturated carbocycles. The number of nitrogen functional groups attached to an aromatic ring is 1. The Morgan fingerprint density at radius 1 is 1.29 bits per heavy atom. The van der Waals surface area contributed by atoms with Crippen molar-refractivity contribution in [3.8, 4) is 0 Å². The highest BCUT2D eigenvalue weighted by Gasteiger charge is 2.10. The molecule has 0 radical (unpaired) electrons. The summed E-state index contributed by atoms with van der Waals surface area (Å²) >= 11 is 1.67. The number of hydrogen-bond donors (Lipinski definition) is 2. The van der Waals surface area contributed by atoms with E-state index < -0.39 is 0 Å². The number of amides is 1. The van der Waals surface area contributed by atoms with Gasteiger partial charge in [-0.15, -0.1) is 11.3 Å². The SMILES string of the molecule is Cc1ccc(CNC(=O)c2cc3ccccc3c(N)n2)s1. The van der Waals surface area contributed by atoms with E-state index in [-0.39, 0.29) is 5.91 Å². The number of aryl methyl sites for hydroxylation is 1. The van der Waals surface area contributed by atoms with Crippen LogP contribution in [-0.4, -0.2) is 10.9 Å². The monoisotopic (exact) mass is 297 g/mol. The number of nitrogens with two attached hydrogens (primary N) is 1. The van der Waals surface area contributed by atoms with Crippen molar-refractivity contribution in [1.29, 1.82) is 0 Å². The van der Waals surface area contributed by atoms with Gasteiger partial charge >= 0.3 is 0 Å². The van der Waals surface area contributed by atoms with Crippen molar-refractivity contribution in [2.24, 2.45) is 0 Å². The van der Waals surface area contributed by atoms with E-state index in [9.17, 15) is 4.79 Å². The summed E-state index contributed by atoms with van der Waals surface area (Å²) < 4.78 is 0. The van der Waals surface area contributed by atoms with Crippen LogP contribution < -0.4 is 11.1 Å². The fourth-order valence-corrected chi connectivity index (χ4v) is 3.01. The number of aromatic nitrogens is 1. The molecule has 3 rings (SSSR count). The first kappa shape index (κ1) is 13.6. The first-order valence-electron chi connectivity index (χ1n) is 6.62. The maximum Gasteiger partial charge on any atom is 0.270 e. The second-order valence-electron chi connectivity index (χ2n) is 4.81. The van der Waals surface area contributed by atoms with Crippen LogP contribution in [0.25, 0.3) is 10.8 Å². The number of pyridine rings is 1. The van der Waals surface area contributed by atoms with Crippen LogP contribution in [0.2, 0.25) is 0 Å². The summed E-state index contributed by atoms with van der Waals surface area (Å²) in [6.45, 7) is 2.55. The van der Waals surface area contributed by atoms with Crippen LogP contribution >= 0.6 is 11.3 Å². The van der Waals surface area contributed by atoms with Gasteiger partial charge in [-0.2, -0.15) is 0 Å². The normalized spacial score (nSPS) is 10.7. The van der Waals surface area contributed by atoms with Crippen LogP contribution in [0.1, 0.15) is 20.2 Å². The maximum absolute atomic E-state index is 12.2. The quantitative estimate of drug-likeness (QED) is 0.780. The van der Waals surface area contributed by atoms with Gasteiger partial charge in [0.2, 0.25) is 0 Å². The molecule has 3 aromatic rings. The number of hydrogen-bond acceptors (Lipinski definition) is 4. The summed E-state index contributed by atoms with van der Waals surface area (Å²) in [6, 6.07) is 13.5. The molecule has 0 aliphatic heterocycles. The number of carbonyl (C=O) groups excluding carboxylic acids is 1. The van der Waals surface area contributed by atoms with E-state index in [0.717, 1.165) is 15.6 Å². The zero-order chi connectivity index (χ0) is 14.8. The number of rotatable bonds is 3. The largest absolute Gasteiger partial charge is 0.383 e. The van der Waals surface area contributed by atoms with Gasteiger partial charge in [0.05, 0.1) is 6.54 Å². The molecule has 3 N–H and O–H groups in total. The lowest BCUT2D eigenvalue weighted by Gasteiger charge is -2.06. The van der Waals surface area contributed by atoms with E-state index in [1.807, 2.05) is 43.3 Å². The third-order valence-corrected chi connectivity index (χ3v) is 4.22.